The largest absolute Gasteiger partial charge is 0.399 e. The van der Waals surface area contributed by atoms with Crippen molar-refractivity contribution >= 4 is 23.0 Å². The van der Waals surface area contributed by atoms with E-state index in [0.717, 1.165) is 11.1 Å². The quantitative estimate of drug-likeness (QED) is 0.514. The van der Waals surface area contributed by atoms with Crippen LogP contribution in [0.4, 0.5) is 17.1 Å². The summed E-state index contributed by atoms with van der Waals surface area (Å²) in [6.07, 6.45) is 0. The van der Waals surface area contributed by atoms with Crippen LogP contribution < -0.4 is 11.1 Å². The summed E-state index contributed by atoms with van der Waals surface area (Å²) in [5.41, 5.74) is 8.14. The van der Waals surface area contributed by atoms with E-state index in [0.29, 0.717) is 11.4 Å². The fourth-order valence-electron chi connectivity index (χ4n) is 2.04. The summed E-state index contributed by atoms with van der Waals surface area (Å²) in [6.45, 7) is 3.80. The molecule has 0 spiro atoms. The summed E-state index contributed by atoms with van der Waals surface area (Å²) in [6, 6.07) is 9.47. The van der Waals surface area contributed by atoms with Gasteiger partial charge in [-0.1, -0.05) is 17.7 Å². The van der Waals surface area contributed by atoms with Crippen molar-refractivity contribution in [3.8, 4) is 0 Å². The number of hydrogen-bond acceptors (Lipinski definition) is 4. The molecule has 0 aliphatic carbocycles. The predicted octanol–water partition coefficient (Wildman–Crippen LogP) is 3.05. The monoisotopic (exact) mass is 285 g/mol. The van der Waals surface area contributed by atoms with Gasteiger partial charge in [0.1, 0.15) is 5.56 Å². The standard InChI is InChI=1S/C15H15N3O3/c1-9-3-5-13(10(2)7-9)17-15(19)12-8-11(16)4-6-14(12)18(20)21/h3-8H,16H2,1-2H3,(H,17,19). The van der Waals surface area contributed by atoms with Crippen molar-refractivity contribution in [2.24, 2.45) is 0 Å². The molecular weight excluding hydrogens is 270 g/mol. The Bertz CT molecular complexity index is 726. The number of nitro benzene ring substituents is 1. The van der Waals surface area contributed by atoms with Crippen LogP contribution in [0.3, 0.4) is 0 Å². The number of amides is 1. The zero-order valence-corrected chi connectivity index (χ0v) is 11.7. The zero-order chi connectivity index (χ0) is 15.6. The van der Waals surface area contributed by atoms with Gasteiger partial charge in [0, 0.05) is 17.4 Å². The van der Waals surface area contributed by atoms with Gasteiger partial charge in [-0.15, -0.1) is 0 Å². The first-order valence-electron chi connectivity index (χ1n) is 6.31. The van der Waals surface area contributed by atoms with Gasteiger partial charge in [-0.3, -0.25) is 14.9 Å². The third-order valence-electron chi connectivity index (χ3n) is 3.09. The van der Waals surface area contributed by atoms with Crippen LogP contribution in [0.25, 0.3) is 0 Å². The number of nitrogens with two attached hydrogens (primary N) is 1. The normalized spacial score (nSPS) is 10.2. The molecule has 6 nitrogen and oxygen atoms in total. The molecule has 0 saturated heterocycles. The topological polar surface area (TPSA) is 98.3 Å². The van der Waals surface area contributed by atoms with E-state index in [1.165, 1.54) is 18.2 Å². The van der Waals surface area contributed by atoms with Gasteiger partial charge in [0.15, 0.2) is 0 Å². The average molecular weight is 285 g/mol. The average Bonchev–Trinajstić information content (AvgIpc) is 2.41. The second-order valence-electron chi connectivity index (χ2n) is 4.81. The van der Waals surface area contributed by atoms with E-state index >= 15 is 0 Å². The Hall–Kier alpha value is -2.89. The number of carbonyl (C=O) groups is 1. The molecule has 0 aliphatic rings. The van der Waals surface area contributed by atoms with Gasteiger partial charge in [0.25, 0.3) is 11.6 Å². The molecule has 21 heavy (non-hydrogen) atoms. The molecule has 2 aromatic carbocycles. The van der Waals surface area contributed by atoms with Crippen molar-refractivity contribution in [3.63, 3.8) is 0 Å². The lowest BCUT2D eigenvalue weighted by atomic mass is 10.1. The number of anilines is 2. The second kappa shape index (κ2) is 5.62. The number of benzene rings is 2. The highest BCUT2D eigenvalue weighted by atomic mass is 16.6. The van der Waals surface area contributed by atoms with Crippen LogP contribution in [-0.4, -0.2) is 10.8 Å². The van der Waals surface area contributed by atoms with E-state index < -0.39 is 10.8 Å². The summed E-state index contributed by atoms with van der Waals surface area (Å²) in [5, 5.41) is 13.7. The van der Waals surface area contributed by atoms with Crippen LogP contribution in [0.1, 0.15) is 21.5 Å². The van der Waals surface area contributed by atoms with Crippen molar-refractivity contribution in [2.75, 3.05) is 11.1 Å². The molecule has 2 aromatic rings. The van der Waals surface area contributed by atoms with Crippen LogP contribution >= 0.6 is 0 Å². The first-order valence-corrected chi connectivity index (χ1v) is 6.31. The van der Waals surface area contributed by atoms with Gasteiger partial charge in [0.05, 0.1) is 4.92 Å². The van der Waals surface area contributed by atoms with E-state index in [-0.39, 0.29) is 11.3 Å². The number of aryl methyl sites for hydroxylation is 2. The highest BCUT2D eigenvalue weighted by Gasteiger charge is 2.20. The Kier molecular flexibility index (Phi) is 3.89. The Morgan fingerprint density at radius 3 is 2.52 bits per heavy atom. The van der Waals surface area contributed by atoms with Gasteiger partial charge in [0.2, 0.25) is 0 Å². The Morgan fingerprint density at radius 1 is 1.19 bits per heavy atom. The molecule has 0 unspecified atom stereocenters. The lowest BCUT2D eigenvalue weighted by Crippen LogP contribution is -2.15. The summed E-state index contributed by atoms with van der Waals surface area (Å²) in [4.78, 5) is 22.6. The van der Waals surface area contributed by atoms with E-state index in [1.807, 2.05) is 26.0 Å². The lowest BCUT2D eigenvalue weighted by Gasteiger charge is -2.09. The van der Waals surface area contributed by atoms with Gasteiger partial charge in [-0.2, -0.15) is 0 Å². The second-order valence-corrected chi connectivity index (χ2v) is 4.81. The molecule has 0 heterocycles. The van der Waals surface area contributed by atoms with Crippen molar-refractivity contribution in [1.82, 2.24) is 0 Å². The Labute approximate surface area is 121 Å². The summed E-state index contributed by atoms with van der Waals surface area (Å²) < 4.78 is 0. The molecule has 108 valence electrons. The zero-order valence-electron chi connectivity index (χ0n) is 11.7. The summed E-state index contributed by atoms with van der Waals surface area (Å²) >= 11 is 0. The SMILES string of the molecule is Cc1ccc(NC(=O)c2cc(N)ccc2[N+](=O)[O-])c(C)c1. The molecule has 2 rings (SSSR count). The highest BCUT2D eigenvalue weighted by molar-refractivity contribution is 6.07. The smallest absolute Gasteiger partial charge is 0.282 e. The van der Waals surface area contributed by atoms with E-state index in [2.05, 4.69) is 5.32 Å². The van der Waals surface area contributed by atoms with Crippen LogP contribution in [0.2, 0.25) is 0 Å². The molecule has 0 fully saturated rings. The molecular formula is C15H15N3O3. The minimum atomic E-state index is -0.601. The minimum absolute atomic E-state index is 0.0556. The van der Waals surface area contributed by atoms with E-state index in [1.54, 1.807) is 6.07 Å². The summed E-state index contributed by atoms with van der Waals surface area (Å²) in [5.74, 6) is -0.555. The molecule has 3 N–H and O–H groups in total. The van der Waals surface area contributed by atoms with Crippen LogP contribution in [-0.2, 0) is 0 Å². The summed E-state index contributed by atoms with van der Waals surface area (Å²) in [7, 11) is 0. The fraction of sp³-hybridized carbons (Fsp3) is 0.133. The van der Waals surface area contributed by atoms with Crippen LogP contribution in [0.15, 0.2) is 36.4 Å². The minimum Gasteiger partial charge on any atom is -0.399 e. The number of nitrogen functional groups attached to an aromatic ring is 1. The Morgan fingerprint density at radius 2 is 1.90 bits per heavy atom. The van der Waals surface area contributed by atoms with E-state index in [9.17, 15) is 14.9 Å². The molecule has 6 heteroatoms. The van der Waals surface area contributed by atoms with Gasteiger partial charge < -0.3 is 11.1 Å². The van der Waals surface area contributed by atoms with Gasteiger partial charge in [-0.05, 0) is 37.6 Å². The van der Waals surface area contributed by atoms with Crippen molar-refractivity contribution in [3.05, 3.63) is 63.2 Å². The first-order chi connectivity index (χ1) is 9.88. The van der Waals surface area contributed by atoms with Crippen molar-refractivity contribution < 1.29 is 9.72 Å². The maximum absolute atomic E-state index is 12.3. The molecule has 0 aliphatic heterocycles. The number of nitrogens with zero attached hydrogens (tertiary/aromatic N) is 1. The molecule has 0 atom stereocenters. The molecule has 0 saturated carbocycles. The maximum atomic E-state index is 12.3. The van der Waals surface area contributed by atoms with Gasteiger partial charge >= 0.3 is 0 Å². The van der Waals surface area contributed by atoms with E-state index in [4.69, 9.17) is 5.73 Å². The third-order valence-corrected chi connectivity index (χ3v) is 3.09. The first kappa shape index (κ1) is 14.5. The highest BCUT2D eigenvalue weighted by Crippen LogP contribution is 2.23. The lowest BCUT2D eigenvalue weighted by molar-refractivity contribution is -0.385. The number of nitro groups is 1. The Balaban J connectivity index is 2.36. The number of carbonyl (C=O) groups excluding carboxylic acids is 1. The third kappa shape index (κ3) is 3.17. The molecule has 1 amide bonds. The number of nitrogens with one attached hydrogen (secondary N) is 1. The predicted molar refractivity (Wildman–Crippen MR) is 81.4 cm³/mol. The molecule has 0 bridgehead atoms. The molecule has 0 aromatic heterocycles. The maximum Gasteiger partial charge on any atom is 0.282 e. The van der Waals surface area contributed by atoms with Crippen LogP contribution in [0.5, 0.6) is 0 Å². The molecule has 0 radical (unpaired) electrons. The number of rotatable bonds is 3. The van der Waals surface area contributed by atoms with Crippen molar-refractivity contribution in [1.29, 1.82) is 0 Å². The van der Waals surface area contributed by atoms with Crippen molar-refractivity contribution in [2.45, 2.75) is 13.8 Å². The number of hydrogen-bond donors (Lipinski definition) is 2. The fourth-order valence-corrected chi connectivity index (χ4v) is 2.04. The van der Waals surface area contributed by atoms with Crippen LogP contribution in [0, 0.1) is 24.0 Å². The van der Waals surface area contributed by atoms with Gasteiger partial charge in [-0.25, -0.2) is 0 Å².